The molecule has 0 bridgehead atoms. The van der Waals surface area contributed by atoms with Gasteiger partial charge in [0.15, 0.2) is 5.69 Å². The molecule has 6 rings (SSSR count). The summed E-state index contributed by atoms with van der Waals surface area (Å²) in [6, 6.07) is 11.5. The Kier molecular flexibility index (Phi) is 4.92. The molecular formula is C23H17N9OS. The van der Waals surface area contributed by atoms with E-state index in [1.165, 1.54) is 11.3 Å². The fraction of sp³-hybridized carbons (Fsp3) is 0.0435. The monoisotopic (exact) mass is 467 g/mol. The smallest absolute Gasteiger partial charge is 0.276 e. The predicted molar refractivity (Wildman–Crippen MR) is 128 cm³/mol. The summed E-state index contributed by atoms with van der Waals surface area (Å²) in [6.07, 6.45) is 8.68. The maximum absolute atomic E-state index is 12.9. The van der Waals surface area contributed by atoms with Crippen LogP contribution < -0.4 is 5.32 Å². The maximum Gasteiger partial charge on any atom is 0.276 e. The van der Waals surface area contributed by atoms with Crippen molar-refractivity contribution in [3.63, 3.8) is 0 Å². The molecule has 0 radical (unpaired) electrons. The highest BCUT2D eigenvalue weighted by Crippen LogP contribution is 2.25. The number of H-pyrrole nitrogens is 2. The highest BCUT2D eigenvalue weighted by atomic mass is 32.1. The number of hydrogen-bond acceptors (Lipinski definition) is 7. The van der Waals surface area contributed by atoms with E-state index >= 15 is 0 Å². The van der Waals surface area contributed by atoms with Gasteiger partial charge >= 0.3 is 0 Å². The van der Waals surface area contributed by atoms with Crippen LogP contribution in [0.3, 0.4) is 0 Å². The molecule has 0 aliphatic carbocycles. The first-order valence-corrected chi connectivity index (χ1v) is 11.3. The molecule has 0 atom stereocenters. The number of thiazole rings is 1. The molecule has 34 heavy (non-hydrogen) atoms. The molecule has 0 saturated heterocycles. The van der Waals surface area contributed by atoms with Gasteiger partial charge in [-0.05, 0) is 29.8 Å². The number of fused-ring (bicyclic) bond motifs is 1. The second-order valence-electron chi connectivity index (χ2n) is 7.56. The Morgan fingerprint density at radius 2 is 2.12 bits per heavy atom. The number of aromatic amines is 2. The van der Waals surface area contributed by atoms with Crippen LogP contribution in [-0.4, -0.2) is 46.1 Å². The molecule has 1 amide bonds. The van der Waals surface area contributed by atoms with E-state index in [2.05, 4.69) is 40.8 Å². The minimum absolute atomic E-state index is 0.312. The summed E-state index contributed by atoms with van der Waals surface area (Å²) in [6.45, 7) is 0.487. The first-order valence-electron chi connectivity index (χ1n) is 10.4. The summed E-state index contributed by atoms with van der Waals surface area (Å²) in [5.74, 6) is -0.312. The third kappa shape index (κ3) is 3.84. The highest BCUT2D eigenvalue weighted by Gasteiger charge is 2.16. The third-order valence-corrected chi connectivity index (χ3v) is 6.17. The van der Waals surface area contributed by atoms with E-state index in [1.807, 2.05) is 48.0 Å². The fourth-order valence-corrected chi connectivity index (χ4v) is 4.42. The number of anilines is 1. The predicted octanol–water partition coefficient (Wildman–Crippen LogP) is 3.97. The number of carbonyl (C=O) groups excluding carboxylic acids is 1. The Morgan fingerprint density at radius 3 is 2.97 bits per heavy atom. The van der Waals surface area contributed by atoms with Crippen LogP contribution >= 0.6 is 11.3 Å². The van der Waals surface area contributed by atoms with Gasteiger partial charge in [-0.3, -0.25) is 24.7 Å². The number of aromatic nitrogens is 8. The summed E-state index contributed by atoms with van der Waals surface area (Å²) in [4.78, 5) is 21.8. The van der Waals surface area contributed by atoms with Crippen LogP contribution in [0.15, 0.2) is 72.8 Å². The van der Waals surface area contributed by atoms with Crippen molar-refractivity contribution in [1.29, 1.82) is 0 Å². The lowest BCUT2D eigenvalue weighted by Crippen LogP contribution is -2.12. The second kappa shape index (κ2) is 8.37. The van der Waals surface area contributed by atoms with Crippen molar-refractivity contribution in [2.75, 3.05) is 5.32 Å². The van der Waals surface area contributed by atoms with Gasteiger partial charge in [0.05, 0.1) is 41.5 Å². The minimum Gasteiger partial charge on any atom is -0.318 e. The lowest BCUT2D eigenvalue weighted by Gasteiger charge is -2.01. The zero-order valence-electron chi connectivity index (χ0n) is 17.6. The second-order valence-corrected chi connectivity index (χ2v) is 8.42. The Balaban J connectivity index is 1.15. The number of benzene rings is 1. The van der Waals surface area contributed by atoms with Crippen molar-refractivity contribution < 1.29 is 4.79 Å². The Labute approximate surface area is 196 Å². The maximum atomic E-state index is 12.9. The van der Waals surface area contributed by atoms with Gasteiger partial charge in [-0.2, -0.15) is 15.3 Å². The van der Waals surface area contributed by atoms with Crippen molar-refractivity contribution >= 4 is 33.8 Å². The molecule has 5 aromatic heterocycles. The Morgan fingerprint density at radius 1 is 1.15 bits per heavy atom. The number of carbonyl (C=O) groups is 1. The lowest BCUT2D eigenvalue weighted by molar-refractivity contribution is 0.102. The van der Waals surface area contributed by atoms with E-state index in [9.17, 15) is 4.79 Å². The normalized spacial score (nSPS) is 11.2. The van der Waals surface area contributed by atoms with Crippen molar-refractivity contribution in [2.24, 2.45) is 0 Å². The molecule has 5 heterocycles. The van der Waals surface area contributed by atoms with Gasteiger partial charge in [0.25, 0.3) is 5.91 Å². The van der Waals surface area contributed by atoms with E-state index in [0.717, 1.165) is 38.4 Å². The van der Waals surface area contributed by atoms with E-state index in [0.29, 0.717) is 17.9 Å². The van der Waals surface area contributed by atoms with Crippen LogP contribution in [0, 0.1) is 0 Å². The Bertz CT molecular complexity index is 1580. The Hall–Kier alpha value is -4.64. The van der Waals surface area contributed by atoms with Crippen molar-refractivity contribution in [2.45, 2.75) is 6.54 Å². The van der Waals surface area contributed by atoms with Gasteiger partial charge < -0.3 is 5.32 Å². The van der Waals surface area contributed by atoms with Gasteiger partial charge in [-0.15, -0.1) is 11.3 Å². The number of pyridine rings is 1. The third-order valence-electron chi connectivity index (χ3n) is 5.26. The van der Waals surface area contributed by atoms with Gasteiger partial charge in [-0.1, -0.05) is 12.1 Å². The quantitative estimate of drug-likeness (QED) is 0.340. The molecular weight excluding hydrogens is 450 g/mol. The first-order chi connectivity index (χ1) is 16.7. The first kappa shape index (κ1) is 20.0. The van der Waals surface area contributed by atoms with E-state index in [1.54, 1.807) is 29.5 Å². The largest absolute Gasteiger partial charge is 0.318 e. The van der Waals surface area contributed by atoms with E-state index < -0.39 is 0 Å². The van der Waals surface area contributed by atoms with Crippen molar-refractivity contribution in [3.05, 3.63) is 84.2 Å². The van der Waals surface area contributed by atoms with E-state index in [4.69, 9.17) is 0 Å². The van der Waals surface area contributed by atoms with Crippen LogP contribution in [0.1, 0.15) is 16.2 Å². The highest BCUT2D eigenvalue weighted by molar-refractivity contribution is 7.13. The minimum atomic E-state index is -0.312. The molecule has 0 aliphatic rings. The average Bonchev–Trinajstić information content (AvgIpc) is 3.66. The summed E-state index contributed by atoms with van der Waals surface area (Å²) in [5.41, 5.74) is 5.33. The van der Waals surface area contributed by atoms with Gasteiger partial charge in [0, 0.05) is 34.9 Å². The van der Waals surface area contributed by atoms with Gasteiger partial charge in [0.1, 0.15) is 5.01 Å². The molecule has 10 nitrogen and oxygen atoms in total. The van der Waals surface area contributed by atoms with Crippen LogP contribution in [0.2, 0.25) is 0 Å². The average molecular weight is 468 g/mol. The van der Waals surface area contributed by atoms with Crippen LogP contribution in [0.4, 0.5) is 5.69 Å². The number of nitrogens with one attached hydrogen (secondary N) is 3. The molecule has 1 aromatic carbocycles. The molecule has 3 N–H and O–H groups in total. The van der Waals surface area contributed by atoms with Crippen molar-refractivity contribution in [1.82, 2.24) is 40.1 Å². The number of rotatable bonds is 6. The van der Waals surface area contributed by atoms with Crippen LogP contribution in [0.5, 0.6) is 0 Å². The molecule has 0 fully saturated rings. The van der Waals surface area contributed by atoms with Gasteiger partial charge in [0.2, 0.25) is 0 Å². The zero-order valence-corrected chi connectivity index (χ0v) is 18.5. The molecule has 0 saturated carbocycles. The van der Waals surface area contributed by atoms with Crippen LogP contribution in [-0.2, 0) is 6.54 Å². The molecule has 166 valence electrons. The molecule has 0 unspecified atom stereocenters. The summed E-state index contributed by atoms with van der Waals surface area (Å²) < 4.78 is 1.73. The summed E-state index contributed by atoms with van der Waals surface area (Å²) in [5, 5.41) is 24.7. The van der Waals surface area contributed by atoms with Crippen molar-refractivity contribution in [3.8, 4) is 21.8 Å². The lowest BCUT2D eigenvalue weighted by atomic mass is 10.1. The number of hydrogen-bond donors (Lipinski definition) is 3. The van der Waals surface area contributed by atoms with Gasteiger partial charge in [-0.25, -0.2) is 4.98 Å². The van der Waals surface area contributed by atoms with E-state index in [-0.39, 0.29) is 5.91 Å². The molecule has 6 aromatic rings. The summed E-state index contributed by atoms with van der Waals surface area (Å²) >= 11 is 1.54. The topological polar surface area (TPSA) is 130 Å². The standard InChI is InChI=1S/C23H17N9OS/c33-22(21-18-5-4-14(7-20(18)30-31-21)15-8-25-26-9-15)28-16-10-27-32(11-16)12-17-13-34-23(29-17)19-3-1-2-6-24-19/h1-11,13H,12H2,(H,25,26)(H,28,33)(H,30,31). The molecule has 11 heteroatoms. The number of nitrogens with zero attached hydrogens (tertiary/aromatic N) is 6. The fourth-order valence-electron chi connectivity index (χ4n) is 3.64. The number of amides is 1. The SMILES string of the molecule is O=C(Nc1cnn(Cc2csc(-c3ccccn3)n2)c1)c1n[nH]c2cc(-c3cn[nH]c3)ccc12. The van der Waals surface area contributed by atoms with Crippen LogP contribution in [0.25, 0.3) is 32.7 Å². The summed E-state index contributed by atoms with van der Waals surface area (Å²) in [7, 11) is 0. The molecule has 0 spiro atoms. The molecule has 0 aliphatic heterocycles. The zero-order chi connectivity index (χ0) is 22.9.